The summed E-state index contributed by atoms with van der Waals surface area (Å²) in [7, 11) is -0.585. The van der Waals surface area contributed by atoms with Gasteiger partial charge in [0.1, 0.15) is 5.75 Å². The Morgan fingerprint density at radius 1 is 0.971 bits per heavy atom. The number of piperidine rings is 1. The van der Waals surface area contributed by atoms with E-state index in [0.717, 1.165) is 32.4 Å². The average Bonchev–Trinajstić information content (AvgIpc) is 2.89. The normalized spacial score (nSPS) is 14.8. The van der Waals surface area contributed by atoms with Crippen LogP contribution in [0.25, 0.3) is 0 Å². The van der Waals surface area contributed by atoms with Gasteiger partial charge in [0.25, 0.3) is 5.91 Å². The summed E-state index contributed by atoms with van der Waals surface area (Å²) in [6.07, 6.45) is 2.99. The molecule has 3 aromatic carbocycles. The summed E-state index contributed by atoms with van der Waals surface area (Å²) >= 11 is 0. The summed E-state index contributed by atoms with van der Waals surface area (Å²) in [6.45, 7) is 1.54. The van der Waals surface area contributed by atoms with E-state index in [1.54, 1.807) is 55.6 Å². The molecule has 184 valence electrons. The minimum absolute atomic E-state index is 0.0272. The molecule has 0 aromatic heterocycles. The fourth-order valence-corrected chi connectivity index (χ4v) is 5.77. The molecule has 1 aliphatic rings. The lowest BCUT2D eigenvalue weighted by molar-refractivity contribution is 0.0690. The maximum Gasteiger partial charge on any atom is 0.253 e. The minimum Gasteiger partial charge on any atom is -0.496 e. The van der Waals surface area contributed by atoms with E-state index < -0.39 is 10.0 Å². The maximum absolute atomic E-state index is 13.3. The Morgan fingerprint density at radius 3 is 2.23 bits per heavy atom. The van der Waals surface area contributed by atoms with Crippen LogP contribution in [0, 0.1) is 5.92 Å². The number of hydrogen-bond donors (Lipinski definition) is 0. The third kappa shape index (κ3) is 5.92. The van der Waals surface area contributed by atoms with Gasteiger partial charge in [0.05, 0.1) is 12.0 Å². The number of hydrogen-bond acceptors (Lipinski definition) is 4. The summed E-state index contributed by atoms with van der Waals surface area (Å²) in [5.74, 6) is 1.10. The Bertz CT molecular complexity index is 1240. The highest BCUT2D eigenvalue weighted by molar-refractivity contribution is 7.89. The Morgan fingerprint density at radius 2 is 1.60 bits per heavy atom. The van der Waals surface area contributed by atoms with Crippen LogP contribution in [0.4, 0.5) is 0 Å². The maximum atomic E-state index is 13.3. The molecule has 0 bridgehead atoms. The van der Waals surface area contributed by atoms with E-state index in [1.807, 2.05) is 11.0 Å². The number of methoxy groups -OCH3 is 1. The number of carbonyl (C=O) groups is 1. The van der Waals surface area contributed by atoms with Crippen molar-refractivity contribution in [3.8, 4) is 5.75 Å². The molecule has 7 heteroatoms. The van der Waals surface area contributed by atoms with Crippen molar-refractivity contribution in [1.29, 1.82) is 0 Å². The largest absolute Gasteiger partial charge is 0.496 e. The smallest absolute Gasteiger partial charge is 0.253 e. The summed E-state index contributed by atoms with van der Waals surface area (Å²) in [5.41, 5.74) is 2.54. The molecule has 1 heterocycles. The van der Waals surface area contributed by atoms with Crippen molar-refractivity contribution in [1.82, 2.24) is 9.21 Å². The van der Waals surface area contributed by atoms with Gasteiger partial charge < -0.3 is 9.64 Å². The number of carbonyl (C=O) groups excluding carboxylic acids is 1. The molecule has 6 nitrogen and oxygen atoms in total. The number of rotatable bonds is 8. The van der Waals surface area contributed by atoms with E-state index in [2.05, 4.69) is 24.3 Å². The first-order valence-corrected chi connectivity index (χ1v) is 13.3. The summed E-state index contributed by atoms with van der Waals surface area (Å²) in [6, 6.07) is 24.1. The minimum atomic E-state index is -3.67. The lowest BCUT2D eigenvalue weighted by atomic mass is 9.90. The van der Waals surface area contributed by atoms with Crippen molar-refractivity contribution >= 4 is 15.9 Å². The number of amides is 1. The molecule has 1 amide bonds. The number of nitrogens with zero attached hydrogens (tertiary/aromatic N) is 2. The zero-order valence-electron chi connectivity index (χ0n) is 20.3. The second-order valence-electron chi connectivity index (χ2n) is 9.03. The highest BCUT2D eigenvalue weighted by Gasteiger charge is 2.26. The van der Waals surface area contributed by atoms with Crippen LogP contribution in [-0.2, 0) is 23.0 Å². The molecule has 35 heavy (non-hydrogen) atoms. The highest BCUT2D eigenvalue weighted by Crippen LogP contribution is 2.27. The first-order chi connectivity index (χ1) is 16.9. The van der Waals surface area contributed by atoms with E-state index in [1.165, 1.54) is 16.9 Å². The molecule has 0 radical (unpaired) electrons. The van der Waals surface area contributed by atoms with Crippen LogP contribution in [0.2, 0.25) is 0 Å². The van der Waals surface area contributed by atoms with E-state index in [0.29, 0.717) is 22.8 Å². The molecule has 3 aromatic rings. The van der Waals surface area contributed by atoms with Gasteiger partial charge in [-0.15, -0.1) is 0 Å². The Hall–Kier alpha value is -3.16. The standard InChI is InChI=1S/C28H32N2O4S/c1-29(35(32,33)26-11-7-4-8-12-26)21-25-20-24(13-14-27(25)34-2)28(31)30-17-15-23(16-18-30)19-22-9-5-3-6-10-22/h3-14,20,23H,15-19,21H2,1-2H3. The summed E-state index contributed by atoms with van der Waals surface area (Å²) in [4.78, 5) is 15.4. The van der Waals surface area contributed by atoms with Crippen LogP contribution in [0.5, 0.6) is 5.75 Å². The molecule has 1 saturated heterocycles. The van der Waals surface area contributed by atoms with Gasteiger partial charge in [-0.05, 0) is 61.1 Å². The molecular formula is C28H32N2O4S. The summed E-state index contributed by atoms with van der Waals surface area (Å²) in [5, 5.41) is 0. The monoisotopic (exact) mass is 492 g/mol. The van der Waals surface area contributed by atoms with Crippen molar-refractivity contribution < 1.29 is 17.9 Å². The first kappa shape index (κ1) is 24.9. The van der Waals surface area contributed by atoms with Gasteiger partial charge in [-0.3, -0.25) is 4.79 Å². The molecule has 0 saturated carbocycles. The van der Waals surface area contributed by atoms with E-state index in [4.69, 9.17) is 4.74 Å². The lowest BCUT2D eigenvalue weighted by Crippen LogP contribution is -2.39. The molecule has 0 aliphatic carbocycles. The van der Waals surface area contributed by atoms with Crippen LogP contribution < -0.4 is 4.74 Å². The number of benzene rings is 3. The third-order valence-electron chi connectivity index (χ3n) is 6.64. The van der Waals surface area contributed by atoms with Crippen molar-refractivity contribution in [3.05, 3.63) is 95.6 Å². The SMILES string of the molecule is COc1ccc(C(=O)N2CCC(Cc3ccccc3)CC2)cc1CN(C)S(=O)(=O)c1ccccc1. The molecule has 0 atom stereocenters. The quantitative estimate of drug-likeness (QED) is 0.461. The number of sulfonamides is 1. The summed E-state index contributed by atoms with van der Waals surface area (Å²) < 4.78 is 32.7. The number of likely N-dealkylation sites (tertiary alicyclic amines) is 1. The second kappa shape index (κ2) is 11.1. The first-order valence-electron chi connectivity index (χ1n) is 11.9. The van der Waals surface area contributed by atoms with Gasteiger partial charge in [-0.1, -0.05) is 48.5 Å². The molecule has 0 N–H and O–H groups in total. The molecule has 0 spiro atoms. The Kier molecular flexibility index (Phi) is 7.88. The zero-order chi connectivity index (χ0) is 24.8. The average molecular weight is 493 g/mol. The van der Waals surface area contributed by atoms with Gasteiger partial charge in [-0.2, -0.15) is 4.31 Å². The lowest BCUT2D eigenvalue weighted by Gasteiger charge is -2.32. The van der Waals surface area contributed by atoms with Crippen molar-refractivity contribution in [2.75, 3.05) is 27.2 Å². The van der Waals surface area contributed by atoms with E-state index in [-0.39, 0.29) is 17.3 Å². The van der Waals surface area contributed by atoms with Crippen molar-refractivity contribution in [2.24, 2.45) is 5.92 Å². The molecule has 4 rings (SSSR count). The van der Waals surface area contributed by atoms with Crippen LogP contribution >= 0.6 is 0 Å². The molecule has 1 aliphatic heterocycles. The van der Waals surface area contributed by atoms with Crippen molar-refractivity contribution in [3.63, 3.8) is 0 Å². The fraction of sp³-hybridized carbons (Fsp3) is 0.321. The van der Waals surface area contributed by atoms with E-state index in [9.17, 15) is 13.2 Å². The highest BCUT2D eigenvalue weighted by atomic mass is 32.2. The van der Waals surface area contributed by atoms with Gasteiger partial charge in [0, 0.05) is 37.8 Å². The van der Waals surface area contributed by atoms with Gasteiger partial charge in [-0.25, -0.2) is 8.42 Å². The van der Waals surface area contributed by atoms with Crippen LogP contribution in [0.1, 0.15) is 34.3 Å². The number of ether oxygens (including phenoxy) is 1. The van der Waals surface area contributed by atoms with Gasteiger partial charge >= 0.3 is 0 Å². The predicted octanol–water partition coefficient (Wildman–Crippen LogP) is 4.61. The van der Waals surface area contributed by atoms with Crippen LogP contribution in [-0.4, -0.2) is 50.8 Å². The molecule has 0 unspecified atom stereocenters. The Balaban J connectivity index is 1.44. The third-order valence-corrected chi connectivity index (χ3v) is 8.46. The Labute approximate surface area is 208 Å². The fourth-order valence-electron chi connectivity index (χ4n) is 4.60. The van der Waals surface area contributed by atoms with Crippen molar-refractivity contribution in [2.45, 2.75) is 30.7 Å². The second-order valence-corrected chi connectivity index (χ2v) is 11.1. The predicted molar refractivity (Wildman–Crippen MR) is 137 cm³/mol. The van der Waals surface area contributed by atoms with Crippen LogP contribution in [0.15, 0.2) is 83.8 Å². The zero-order valence-corrected chi connectivity index (χ0v) is 21.1. The topological polar surface area (TPSA) is 66.9 Å². The van der Waals surface area contributed by atoms with Crippen LogP contribution in [0.3, 0.4) is 0 Å². The molecular weight excluding hydrogens is 460 g/mol. The van der Waals surface area contributed by atoms with Gasteiger partial charge in [0.15, 0.2) is 0 Å². The van der Waals surface area contributed by atoms with Gasteiger partial charge in [0.2, 0.25) is 10.0 Å². The van der Waals surface area contributed by atoms with E-state index >= 15 is 0 Å². The molecule has 1 fully saturated rings.